The Hall–Kier alpha value is -2.20. The number of amides is 1. The highest BCUT2D eigenvalue weighted by atomic mass is 16.1. The molecule has 2 aromatic rings. The summed E-state index contributed by atoms with van der Waals surface area (Å²) in [6.45, 7) is 3.95. The number of nitrogens with one attached hydrogen (secondary N) is 1. The molecule has 0 bridgehead atoms. The maximum atomic E-state index is 11.7. The molecule has 1 aromatic carbocycles. The molecule has 0 fully saturated rings. The highest BCUT2D eigenvalue weighted by Gasteiger charge is 2.25. The summed E-state index contributed by atoms with van der Waals surface area (Å²) in [4.78, 5) is 16.1. The van der Waals surface area contributed by atoms with Crippen LogP contribution in [0.5, 0.6) is 0 Å². The molecular formula is C17H21N3O. The van der Waals surface area contributed by atoms with Crippen LogP contribution in [0.4, 0.5) is 0 Å². The number of pyridine rings is 1. The Balaban J connectivity index is 2.35. The molecule has 0 saturated carbocycles. The van der Waals surface area contributed by atoms with Crippen LogP contribution in [0.2, 0.25) is 0 Å². The fourth-order valence-electron chi connectivity index (χ4n) is 2.33. The number of carbonyl (C=O) groups excluding carboxylic acids is 1. The van der Waals surface area contributed by atoms with E-state index in [9.17, 15) is 4.79 Å². The van der Waals surface area contributed by atoms with Crippen molar-refractivity contribution in [1.29, 1.82) is 0 Å². The van der Waals surface area contributed by atoms with E-state index in [4.69, 9.17) is 5.73 Å². The van der Waals surface area contributed by atoms with Crippen molar-refractivity contribution in [2.45, 2.75) is 25.9 Å². The van der Waals surface area contributed by atoms with Crippen molar-refractivity contribution in [3.8, 4) is 0 Å². The fourth-order valence-corrected chi connectivity index (χ4v) is 2.33. The molecule has 0 aliphatic carbocycles. The van der Waals surface area contributed by atoms with Gasteiger partial charge in [0.25, 0.3) is 0 Å². The second-order valence-corrected chi connectivity index (χ2v) is 5.39. The molecule has 1 aromatic heterocycles. The Morgan fingerprint density at radius 1 is 1.10 bits per heavy atom. The molecule has 1 heterocycles. The number of hydrogen-bond acceptors (Lipinski definition) is 3. The van der Waals surface area contributed by atoms with Gasteiger partial charge in [-0.1, -0.05) is 50.2 Å². The van der Waals surface area contributed by atoms with Crippen LogP contribution in [-0.2, 0) is 4.79 Å². The third-order valence-electron chi connectivity index (χ3n) is 3.44. The highest BCUT2D eigenvalue weighted by molar-refractivity contribution is 5.80. The summed E-state index contributed by atoms with van der Waals surface area (Å²) < 4.78 is 0. The zero-order valence-electron chi connectivity index (χ0n) is 12.4. The van der Waals surface area contributed by atoms with Crippen LogP contribution >= 0.6 is 0 Å². The van der Waals surface area contributed by atoms with Gasteiger partial charge in [0.05, 0.1) is 17.8 Å². The molecule has 1 amide bonds. The first-order chi connectivity index (χ1) is 10.1. The minimum Gasteiger partial charge on any atom is -0.368 e. The van der Waals surface area contributed by atoms with Gasteiger partial charge in [0, 0.05) is 6.20 Å². The van der Waals surface area contributed by atoms with E-state index >= 15 is 0 Å². The fraction of sp³-hybridized carbons (Fsp3) is 0.294. The Bertz CT molecular complexity index is 530. The summed E-state index contributed by atoms with van der Waals surface area (Å²) in [5, 5.41) is 3.35. The van der Waals surface area contributed by atoms with Crippen molar-refractivity contribution in [2.75, 3.05) is 0 Å². The number of nitrogens with zero attached hydrogens (tertiary/aromatic N) is 1. The van der Waals surface area contributed by atoms with Gasteiger partial charge in [0.15, 0.2) is 0 Å². The Morgan fingerprint density at radius 2 is 1.76 bits per heavy atom. The van der Waals surface area contributed by atoms with Gasteiger partial charge in [0.2, 0.25) is 5.91 Å². The van der Waals surface area contributed by atoms with E-state index in [0.29, 0.717) is 0 Å². The van der Waals surface area contributed by atoms with Gasteiger partial charge in [-0.05, 0) is 23.6 Å². The summed E-state index contributed by atoms with van der Waals surface area (Å²) in [7, 11) is 0. The highest BCUT2D eigenvalue weighted by Crippen LogP contribution is 2.21. The third kappa shape index (κ3) is 3.89. The summed E-state index contributed by atoms with van der Waals surface area (Å²) in [5.74, 6) is -0.237. The quantitative estimate of drug-likeness (QED) is 0.854. The number of hydrogen-bond donors (Lipinski definition) is 2. The minimum absolute atomic E-state index is 0.109. The number of benzene rings is 1. The lowest BCUT2D eigenvalue weighted by molar-refractivity contribution is -0.121. The Labute approximate surface area is 125 Å². The lowest BCUT2D eigenvalue weighted by Crippen LogP contribution is -2.46. The Morgan fingerprint density at radius 3 is 2.29 bits per heavy atom. The number of aromatic nitrogens is 1. The molecule has 2 rings (SSSR count). The summed E-state index contributed by atoms with van der Waals surface area (Å²) in [6, 6.07) is 15.1. The average Bonchev–Trinajstić information content (AvgIpc) is 2.49. The van der Waals surface area contributed by atoms with Gasteiger partial charge in [-0.25, -0.2) is 0 Å². The van der Waals surface area contributed by atoms with Crippen LogP contribution < -0.4 is 11.1 Å². The molecule has 0 aliphatic heterocycles. The van der Waals surface area contributed by atoms with Gasteiger partial charge in [-0.3, -0.25) is 15.1 Å². The van der Waals surface area contributed by atoms with Gasteiger partial charge >= 0.3 is 0 Å². The van der Waals surface area contributed by atoms with Crippen LogP contribution in [0, 0.1) is 5.92 Å². The summed E-state index contributed by atoms with van der Waals surface area (Å²) >= 11 is 0. The van der Waals surface area contributed by atoms with Crippen molar-refractivity contribution in [1.82, 2.24) is 10.3 Å². The van der Waals surface area contributed by atoms with E-state index < -0.39 is 6.04 Å². The largest absolute Gasteiger partial charge is 0.368 e. The second kappa shape index (κ2) is 6.99. The molecule has 110 valence electrons. The van der Waals surface area contributed by atoms with Crippen molar-refractivity contribution >= 4 is 5.91 Å². The molecule has 0 aliphatic rings. The lowest BCUT2D eigenvalue weighted by atomic mass is 9.98. The van der Waals surface area contributed by atoms with E-state index in [0.717, 1.165) is 11.3 Å². The molecule has 2 atom stereocenters. The predicted octanol–water partition coefficient (Wildman–Crippen LogP) is 2.27. The molecule has 0 radical (unpaired) electrons. The van der Waals surface area contributed by atoms with Crippen LogP contribution in [0.3, 0.4) is 0 Å². The van der Waals surface area contributed by atoms with Crippen molar-refractivity contribution in [3.05, 3.63) is 66.0 Å². The molecule has 4 nitrogen and oxygen atoms in total. The molecule has 4 heteroatoms. The van der Waals surface area contributed by atoms with Gasteiger partial charge in [-0.15, -0.1) is 0 Å². The zero-order valence-corrected chi connectivity index (χ0v) is 12.4. The van der Waals surface area contributed by atoms with Gasteiger partial charge in [0.1, 0.15) is 0 Å². The number of primary amides is 1. The predicted molar refractivity (Wildman–Crippen MR) is 83.5 cm³/mol. The molecule has 0 spiro atoms. The monoisotopic (exact) mass is 283 g/mol. The maximum absolute atomic E-state index is 11.7. The molecule has 0 saturated heterocycles. The molecular weight excluding hydrogens is 262 g/mol. The van der Waals surface area contributed by atoms with Crippen molar-refractivity contribution in [2.24, 2.45) is 11.7 Å². The van der Waals surface area contributed by atoms with E-state index in [1.165, 1.54) is 0 Å². The molecule has 21 heavy (non-hydrogen) atoms. The second-order valence-electron chi connectivity index (χ2n) is 5.39. The van der Waals surface area contributed by atoms with E-state index in [2.05, 4.69) is 10.3 Å². The smallest absolute Gasteiger partial charge is 0.234 e. The van der Waals surface area contributed by atoms with Crippen LogP contribution in [0.15, 0.2) is 54.7 Å². The number of carbonyl (C=O) groups is 1. The van der Waals surface area contributed by atoms with Crippen molar-refractivity contribution in [3.63, 3.8) is 0 Å². The summed E-state index contributed by atoms with van der Waals surface area (Å²) in [6.07, 6.45) is 1.75. The maximum Gasteiger partial charge on any atom is 0.234 e. The zero-order chi connectivity index (χ0) is 15.2. The number of nitrogens with two attached hydrogens (primary N) is 1. The van der Waals surface area contributed by atoms with E-state index in [1.54, 1.807) is 6.20 Å². The molecule has 3 N–H and O–H groups in total. The van der Waals surface area contributed by atoms with Crippen LogP contribution in [0.25, 0.3) is 0 Å². The SMILES string of the molecule is CC(C)C(NC(c1ccccc1)c1ccccn1)C(N)=O. The van der Waals surface area contributed by atoms with Gasteiger partial charge < -0.3 is 5.73 Å². The molecule has 2 unspecified atom stereocenters. The summed E-state index contributed by atoms with van der Waals surface area (Å²) in [5.41, 5.74) is 7.45. The first-order valence-corrected chi connectivity index (χ1v) is 7.11. The van der Waals surface area contributed by atoms with Crippen LogP contribution in [0.1, 0.15) is 31.1 Å². The average molecular weight is 283 g/mol. The standard InChI is InChI=1S/C17H21N3O/c1-12(2)15(17(18)21)20-16(13-8-4-3-5-9-13)14-10-6-7-11-19-14/h3-12,15-16,20H,1-2H3,(H2,18,21). The third-order valence-corrected chi connectivity index (χ3v) is 3.44. The van der Waals surface area contributed by atoms with Gasteiger partial charge in [-0.2, -0.15) is 0 Å². The first-order valence-electron chi connectivity index (χ1n) is 7.11. The Kier molecular flexibility index (Phi) is 5.06. The lowest BCUT2D eigenvalue weighted by Gasteiger charge is -2.26. The van der Waals surface area contributed by atoms with Crippen molar-refractivity contribution < 1.29 is 4.79 Å². The van der Waals surface area contributed by atoms with E-state index in [-0.39, 0.29) is 17.9 Å². The normalized spacial score (nSPS) is 13.9. The minimum atomic E-state index is -0.405. The van der Waals surface area contributed by atoms with Crippen LogP contribution in [-0.4, -0.2) is 16.9 Å². The first kappa shape index (κ1) is 15.2. The number of rotatable bonds is 6. The van der Waals surface area contributed by atoms with E-state index in [1.807, 2.05) is 62.4 Å². The topological polar surface area (TPSA) is 68.0 Å².